The second-order valence-electron chi connectivity index (χ2n) is 4.96. The molecule has 1 aromatic carbocycles. The van der Waals surface area contributed by atoms with Crippen LogP contribution < -0.4 is 4.74 Å². The van der Waals surface area contributed by atoms with E-state index in [-0.39, 0.29) is 6.42 Å². The first-order valence-corrected chi connectivity index (χ1v) is 6.79. The maximum atomic E-state index is 10.8. The smallest absolute Gasteiger partial charge is 0.310 e. The second-order valence-corrected chi connectivity index (χ2v) is 6.05. The van der Waals surface area contributed by atoms with E-state index < -0.39 is 11.6 Å². The monoisotopic (exact) mass is 275 g/mol. The Balaban J connectivity index is 2.17. The molecule has 1 N–H and O–H groups in total. The first-order valence-electron chi connectivity index (χ1n) is 5.98. The number of aromatic nitrogens is 1. The van der Waals surface area contributed by atoms with Gasteiger partial charge in [0.1, 0.15) is 16.4 Å². The van der Waals surface area contributed by atoms with E-state index in [1.807, 2.05) is 38.1 Å². The predicted octanol–water partition coefficient (Wildman–Crippen LogP) is 3.06. The van der Waals surface area contributed by atoms with Gasteiger partial charge >= 0.3 is 5.97 Å². The molecule has 98 valence electrons. The van der Waals surface area contributed by atoms with Gasteiger partial charge < -0.3 is 9.84 Å². The number of para-hydroxylation sites is 1. The summed E-state index contributed by atoms with van der Waals surface area (Å²) in [4.78, 5) is 16.3. The molecule has 0 atom stereocenters. The van der Waals surface area contributed by atoms with Crippen molar-refractivity contribution in [3.63, 3.8) is 0 Å². The Morgan fingerprint density at radius 3 is 2.89 bits per heavy atom. The molecule has 1 aromatic heterocycles. The third-order valence-corrected chi connectivity index (χ3v) is 4.39. The van der Waals surface area contributed by atoms with Gasteiger partial charge in [0.05, 0.1) is 17.0 Å². The fraction of sp³-hybridized carbons (Fsp3) is 0.286. The summed E-state index contributed by atoms with van der Waals surface area (Å²) in [6.45, 7) is 3.95. The highest BCUT2D eigenvalue weighted by atomic mass is 32.1. The van der Waals surface area contributed by atoms with Crippen LogP contribution in [0.3, 0.4) is 0 Å². The van der Waals surface area contributed by atoms with Crippen LogP contribution in [-0.4, -0.2) is 16.1 Å². The molecule has 19 heavy (non-hydrogen) atoms. The topological polar surface area (TPSA) is 59.4 Å². The third kappa shape index (κ3) is 2.00. The molecule has 4 nitrogen and oxygen atoms in total. The first-order chi connectivity index (χ1) is 8.97. The third-order valence-electron chi connectivity index (χ3n) is 3.03. The van der Waals surface area contributed by atoms with Crippen LogP contribution >= 0.6 is 11.3 Å². The SMILES string of the molecule is CC1(C)Oc2ccccc2-c2nc(CC(=O)O)sc21. The molecule has 2 aromatic rings. The van der Waals surface area contributed by atoms with Crippen LogP contribution in [0, 0.1) is 0 Å². The van der Waals surface area contributed by atoms with Crippen LogP contribution in [0.1, 0.15) is 23.7 Å². The van der Waals surface area contributed by atoms with Crippen molar-refractivity contribution in [2.75, 3.05) is 0 Å². The lowest BCUT2D eigenvalue weighted by atomic mass is 9.97. The Morgan fingerprint density at radius 1 is 1.42 bits per heavy atom. The summed E-state index contributed by atoms with van der Waals surface area (Å²) in [5.41, 5.74) is 1.32. The van der Waals surface area contributed by atoms with Gasteiger partial charge in [-0.25, -0.2) is 4.98 Å². The Kier molecular flexibility index (Phi) is 2.60. The van der Waals surface area contributed by atoms with Gasteiger partial charge in [-0.2, -0.15) is 0 Å². The number of hydrogen-bond acceptors (Lipinski definition) is 4. The van der Waals surface area contributed by atoms with Gasteiger partial charge in [-0.1, -0.05) is 12.1 Å². The van der Waals surface area contributed by atoms with Crippen LogP contribution in [-0.2, 0) is 16.8 Å². The van der Waals surface area contributed by atoms with Gasteiger partial charge in [-0.15, -0.1) is 11.3 Å². The molecule has 5 heteroatoms. The lowest BCUT2D eigenvalue weighted by molar-refractivity contribution is -0.136. The van der Waals surface area contributed by atoms with Crippen LogP contribution in [0.15, 0.2) is 24.3 Å². The molecule has 0 radical (unpaired) electrons. The molecule has 0 bridgehead atoms. The molecule has 3 rings (SSSR count). The van der Waals surface area contributed by atoms with E-state index in [0.717, 1.165) is 21.9 Å². The van der Waals surface area contributed by atoms with Crippen LogP contribution in [0.25, 0.3) is 11.3 Å². The highest BCUT2D eigenvalue weighted by Crippen LogP contribution is 2.47. The van der Waals surface area contributed by atoms with Crippen molar-refractivity contribution >= 4 is 17.3 Å². The van der Waals surface area contributed by atoms with Crippen molar-refractivity contribution in [2.45, 2.75) is 25.9 Å². The fourth-order valence-corrected chi connectivity index (χ4v) is 3.34. The molecule has 0 saturated heterocycles. The van der Waals surface area contributed by atoms with E-state index in [9.17, 15) is 4.79 Å². The van der Waals surface area contributed by atoms with E-state index in [4.69, 9.17) is 9.84 Å². The zero-order valence-corrected chi connectivity index (χ0v) is 11.5. The summed E-state index contributed by atoms with van der Waals surface area (Å²) in [7, 11) is 0. The zero-order valence-electron chi connectivity index (χ0n) is 10.6. The standard InChI is InChI=1S/C14H13NO3S/c1-14(2)13-12(15-10(19-13)7-11(16)17)8-5-3-4-6-9(8)18-14/h3-6H,7H2,1-2H3,(H,16,17). The number of rotatable bonds is 2. The van der Waals surface area contributed by atoms with Gasteiger partial charge in [0.2, 0.25) is 0 Å². The molecular weight excluding hydrogens is 262 g/mol. The molecule has 2 heterocycles. The Hall–Kier alpha value is -1.88. The summed E-state index contributed by atoms with van der Waals surface area (Å²) < 4.78 is 5.99. The maximum absolute atomic E-state index is 10.8. The first kappa shape index (κ1) is 12.2. The minimum atomic E-state index is -0.863. The largest absolute Gasteiger partial charge is 0.482 e. The fourth-order valence-electron chi connectivity index (χ4n) is 2.23. The van der Waals surface area contributed by atoms with E-state index in [1.54, 1.807) is 0 Å². The summed E-state index contributed by atoms with van der Waals surface area (Å²) in [6, 6.07) is 7.72. The van der Waals surface area contributed by atoms with Crippen molar-refractivity contribution in [2.24, 2.45) is 0 Å². The van der Waals surface area contributed by atoms with Gasteiger partial charge in [0, 0.05) is 5.56 Å². The Morgan fingerprint density at radius 2 is 2.16 bits per heavy atom. The van der Waals surface area contributed by atoms with E-state index >= 15 is 0 Å². The van der Waals surface area contributed by atoms with Crippen molar-refractivity contribution in [3.05, 3.63) is 34.2 Å². The Bertz CT molecular complexity index is 660. The van der Waals surface area contributed by atoms with Crippen molar-refractivity contribution in [1.29, 1.82) is 0 Å². The summed E-state index contributed by atoms with van der Waals surface area (Å²) in [6.07, 6.45) is -0.0457. The number of carboxylic acid groups (broad SMARTS) is 1. The van der Waals surface area contributed by atoms with E-state index in [0.29, 0.717) is 5.01 Å². The van der Waals surface area contributed by atoms with Gasteiger partial charge in [-0.05, 0) is 26.0 Å². The number of ether oxygens (including phenoxy) is 1. The van der Waals surface area contributed by atoms with E-state index in [2.05, 4.69) is 4.98 Å². The molecule has 0 amide bonds. The number of aliphatic carboxylic acids is 1. The summed E-state index contributed by atoms with van der Waals surface area (Å²) in [5, 5.41) is 9.51. The van der Waals surface area contributed by atoms with Crippen LogP contribution in [0.4, 0.5) is 0 Å². The van der Waals surface area contributed by atoms with Crippen LogP contribution in [0.5, 0.6) is 5.75 Å². The molecule has 0 fully saturated rings. The average molecular weight is 275 g/mol. The number of carboxylic acids is 1. The zero-order chi connectivity index (χ0) is 13.6. The molecule has 0 spiro atoms. The van der Waals surface area contributed by atoms with Crippen molar-refractivity contribution < 1.29 is 14.6 Å². The Labute approximate surface area is 114 Å². The average Bonchev–Trinajstić information content (AvgIpc) is 2.72. The minimum absolute atomic E-state index is 0.0457. The number of hydrogen-bond donors (Lipinski definition) is 1. The quantitative estimate of drug-likeness (QED) is 0.915. The molecule has 1 aliphatic rings. The molecular formula is C14H13NO3S. The lowest BCUT2D eigenvalue weighted by Gasteiger charge is -2.31. The highest BCUT2D eigenvalue weighted by molar-refractivity contribution is 7.12. The van der Waals surface area contributed by atoms with Crippen molar-refractivity contribution in [1.82, 2.24) is 4.98 Å². The van der Waals surface area contributed by atoms with Gasteiger partial charge in [0.25, 0.3) is 0 Å². The van der Waals surface area contributed by atoms with Gasteiger partial charge in [0.15, 0.2) is 0 Å². The van der Waals surface area contributed by atoms with Crippen LogP contribution in [0.2, 0.25) is 0 Å². The second kappa shape index (κ2) is 4.06. The van der Waals surface area contributed by atoms with E-state index in [1.165, 1.54) is 11.3 Å². The molecule has 0 aliphatic carbocycles. The number of nitrogens with zero attached hydrogens (tertiary/aromatic N) is 1. The number of fused-ring (bicyclic) bond motifs is 3. The number of thiazole rings is 1. The molecule has 0 saturated carbocycles. The number of carbonyl (C=O) groups is 1. The molecule has 0 unspecified atom stereocenters. The normalized spacial score (nSPS) is 15.3. The van der Waals surface area contributed by atoms with Gasteiger partial charge in [-0.3, -0.25) is 4.79 Å². The maximum Gasteiger partial charge on any atom is 0.310 e. The minimum Gasteiger partial charge on any atom is -0.482 e. The lowest BCUT2D eigenvalue weighted by Crippen LogP contribution is -2.27. The highest BCUT2D eigenvalue weighted by Gasteiger charge is 2.36. The summed E-state index contributed by atoms with van der Waals surface area (Å²) >= 11 is 1.42. The summed E-state index contributed by atoms with van der Waals surface area (Å²) in [5.74, 6) is -0.0646. The molecule has 1 aliphatic heterocycles. The number of benzene rings is 1. The predicted molar refractivity (Wildman–Crippen MR) is 72.5 cm³/mol. The van der Waals surface area contributed by atoms with Crippen molar-refractivity contribution in [3.8, 4) is 17.0 Å².